The summed E-state index contributed by atoms with van der Waals surface area (Å²) in [4.78, 5) is 22.0. The lowest BCUT2D eigenvalue weighted by Crippen LogP contribution is -2.31. The van der Waals surface area contributed by atoms with Crippen LogP contribution in [-0.2, 0) is 9.59 Å². The molecule has 1 rings (SSSR count). The summed E-state index contributed by atoms with van der Waals surface area (Å²) in [5.41, 5.74) is 0. The van der Waals surface area contributed by atoms with Gasteiger partial charge in [0.25, 0.3) is 0 Å². The van der Waals surface area contributed by atoms with E-state index in [0.29, 0.717) is 4.88 Å². The van der Waals surface area contributed by atoms with Crippen LogP contribution in [0.1, 0.15) is 17.8 Å². The summed E-state index contributed by atoms with van der Waals surface area (Å²) in [5.74, 6) is -1.39. The molecule has 1 aromatic rings. The van der Waals surface area contributed by atoms with Gasteiger partial charge in [0.2, 0.25) is 5.91 Å². The topological polar surface area (TPSA) is 101 Å². The zero-order valence-electron chi connectivity index (χ0n) is 8.10. The number of halogens is 1. The summed E-state index contributed by atoms with van der Waals surface area (Å²) in [6.07, 6.45) is 0. The van der Waals surface area contributed by atoms with E-state index in [9.17, 15) is 9.59 Å². The highest BCUT2D eigenvalue weighted by Gasteiger charge is 2.20. The van der Waals surface area contributed by atoms with Gasteiger partial charge in [-0.15, -0.1) is 23.7 Å². The lowest BCUT2D eigenvalue weighted by molar-refractivity contribution is -0.141. The van der Waals surface area contributed by atoms with Gasteiger partial charge in [-0.25, -0.2) is 4.79 Å². The van der Waals surface area contributed by atoms with Crippen molar-refractivity contribution >= 4 is 35.6 Å². The van der Waals surface area contributed by atoms with E-state index < -0.39 is 12.0 Å². The minimum absolute atomic E-state index is 0. The molecule has 1 atom stereocenters. The Hall–Kier alpha value is -1.11. The Balaban J connectivity index is 0. The fourth-order valence-electron chi connectivity index (χ4n) is 0.913. The second kappa shape index (κ2) is 7.22. The number of aliphatic carboxylic acids is 1. The first-order valence-corrected chi connectivity index (χ1v) is 4.52. The number of thiophene rings is 1. The molecule has 0 saturated heterocycles. The normalized spacial score (nSPS) is 10.5. The molecule has 1 unspecified atom stereocenters. The van der Waals surface area contributed by atoms with Crippen molar-refractivity contribution < 1.29 is 14.7 Å². The van der Waals surface area contributed by atoms with E-state index in [1.54, 1.807) is 17.5 Å². The SMILES string of the molecule is CC(=O)NC(C(=O)O)c1cccs1.Cl.N. The minimum atomic E-state index is -1.04. The van der Waals surface area contributed by atoms with Gasteiger partial charge >= 0.3 is 5.97 Å². The van der Waals surface area contributed by atoms with Gasteiger partial charge in [0.1, 0.15) is 0 Å². The second-order valence-electron chi connectivity index (χ2n) is 2.49. The molecular formula is C8H13ClN2O3S. The third-order valence-corrected chi connectivity index (χ3v) is 2.36. The quantitative estimate of drug-likeness (QED) is 0.760. The predicted molar refractivity (Wildman–Crippen MR) is 60.8 cm³/mol. The molecule has 0 saturated carbocycles. The number of carbonyl (C=O) groups is 2. The number of amides is 1. The zero-order chi connectivity index (χ0) is 9.84. The van der Waals surface area contributed by atoms with Gasteiger partial charge < -0.3 is 16.6 Å². The molecule has 15 heavy (non-hydrogen) atoms. The van der Waals surface area contributed by atoms with Gasteiger partial charge in [-0.3, -0.25) is 4.79 Å². The fourth-order valence-corrected chi connectivity index (χ4v) is 1.68. The summed E-state index contributed by atoms with van der Waals surface area (Å²) in [6, 6.07) is 2.51. The Labute approximate surface area is 97.5 Å². The van der Waals surface area contributed by atoms with Crippen LogP contribution >= 0.6 is 23.7 Å². The van der Waals surface area contributed by atoms with Crippen molar-refractivity contribution in [3.05, 3.63) is 22.4 Å². The van der Waals surface area contributed by atoms with E-state index in [0.717, 1.165) is 0 Å². The summed E-state index contributed by atoms with van der Waals surface area (Å²) < 4.78 is 0. The van der Waals surface area contributed by atoms with E-state index in [4.69, 9.17) is 5.11 Å². The molecule has 0 aliphatic carbocycles. The number of hydrogen-bond acceptors (Lipinski definition) is 4. The maximum atomic E-state index is 10.7. The Morgan fingerprint density at radius 3 is 2.47 bits per heavy atom. The van der Waals surface area contributed by atoms with Crippen LogP contribution in [0.5, 0.6) is 0 Å². The first-order chi connectivity index (χ1) is 6.11. The lowest BCUT2D eigenvalue weighted by Gasteiger charge is -2.10. The van der Waals surface area contributed by atoms with Crippen LogP contribution in [0.25, 0.3) is 0 Å². The minimum Gasteiger partial charge on any atom is -0.479 e. The molecule has 1 amide bonds. The molecule has 7 heteroatoms. The first kappa shape index (κ1) is 16.3. The second-order valence-corrected chi connectivity index (χ2v) is 3.47. The smallest absolute Gasteiger partial charge is 0.331 e. The molecule has 5 N–H and O–H groups in total. The summed E-state index contributed by atoms with van der Waals surface area (Å²) in [7, 11) is 0. The summed E-state index contributed by atoms with van der Waals surface area (Å²) in [6.45, 7) is 1.30. The first-order valence-electron chi connectivity index (χ1n) is 3.64. The third-order valence-electron chi connectivity index (χ3n) is 1.42. The predicted octanol–water partition coefficient (Wildman–Crippen LogP) is 1.59. The number of carboxylic acid groups (broad SMARTS) is 1. The van der Waals surface area contributed by atoms with Crippen molar-refractivity contribution in [3.8, 4) is 0 Å². The fraction of sp³-hybridized carbons (Fsp3) is 0.250. The van der Waals surface area contributed by atoms with Crippen LogP contribution in [0.3, 0.4) is 0 Å². The van der Waals surface area contributed by atoms with E-state index in [1.807, 2.05) is 0 Å². The van der Waals surface area contributed by atoms with E-state index >= 15 is 0 Å². The summed E-state index contributed by atoms with van der Waals surface area (Å²) in [5, 5.41) is 12.9. The number of carboxylic acids is 1. The summed E-state index contributed by atoms with van der Waals surface area (Å²) >= 11 is 1.31. The van der Waals surface area contributed by atoms with Crippen LogP contribution in [0.4, 0.5) is 0 Å². The Bertz CT molecular complexity index is 316. The maximum Gasteiger partial charge on any atom is 0.331 e. The number of rotatable bonds is 3. The Morgan fingerprint density at radius 1 is 1.53 bits per heavy atom. The van der Waals surface area contributed by atoms with Gasteiger partial charge in [0.05, 0.1) is 0 Å². The third kappa shape index (κ3) is 4.78. The number of nitrogens with one attached hydrogen (secondary N) is 1. The van der Waals surface area contributed by atoms with Crippen LogP contribution < -0.4 is 11.5 Å². The standard InChI is InChI=1S/C8H9NO3S.ClH.H3N/c1-5(10)9-7(8(11)12)6-3-2-4-13-6;;/h2-4,7H,1H3,(H,9,10)(H,11,12);1H;1H3. The highest BCUT2D eigenvalue weighted by atomic mass is 35.5. The lowest BCUT2D eigenvalue weighted by atomic mass is 10.2. The van der Waals surface area contributed by atoms with Crippen molar-refractivity contribution in [2.75, 3.05) is 0 Å². The van der Waals surface area contributed by atoms with Crippen LogP contribution in [0, 0.1) is 0 Å². The van der Waals surface area contributed by atoms with Gasteiger partial charge in [0, 0.05) is 11.8 Å². The molecule has 0 fully saturated rings. The molecule has 0 aromatic carbocycles. The largest absolute Gasteiger partial charge is 0.479 e. The molecule has 5 nitrogen and oxygen atoms in total. The molecule has 0 bridgehead atoms. The van der Waals surface area contributed by atoms with Crippen LogP contribution in [0.15, 0.2) is 17.5 Å². The molecule has 0 radical (unpaired) electrons. The average molecular weight is 253 g/mol. The highest BCUT2D eigenvalue weighted by molar-refractivity contribution is 7.10. The van der Waals surface area contributed by atoms with Crippen LogP contribution in [0.2, 0.25) is 0 Å². The number of carbonyl (C=O) groups excluding carboxylic acids is 1. The molecule has 1 aromatic heterocycles. The van der Waals surface area contributed by atoms with E-state index in [2.05, 4.69) is 5.32 Å². The molecule has 86 valence electrons. The van der Waals surface area contributed by atoms with Gasteiger partial charge in [-0.05, 0) is 11.4 Å². The molecule has 0 aliphatic rings. The average Bonchev–Trinajstić information content (AvgIpc) is 2.50. The van der Waals surface area contributed by atoms with Crippen molar-refractivity contribution in [2.45, 2.75) is 13.0 Å². The van der Waals surface area contributed by atoms with Crippen LogP contribution in [-0.4, -0.2) is 17.0 Å². The zero-order valence-corrected chi connectivity index (χ0v) is 9.73. The van der Waals surface area contributed by atoms with E-state index in [1.165, 1.54) is 18.3 Å². The van der Waals surface area contributed by atoms with Crippen molar-refractivity contribution in [2.24, 2.45) is 0 Å². The van der Waals surface area contributed by atoms with Crippen molar-refractivity contribution in [1.29, 1.82) is 0 Å². The van der Waals surface area contributed by atoms with Crippen molar-refractivity contribution in [3.63, 3.8) is 0 Å². The molecule has 0 aliphatic heterocycles. The van der Waals surface area contributed by atoms with E-state index in [-0.39, 0.29) is 24.5 Å². The molecular weight excluding hydrogens is 240 g/mol. The Kier molecular flexibility index (Phi) is 7.85. The van der Waals surface area contributed by atoms with Gasteiger partial charge in [-0.1, -0.05) is 6.07 Å². The molecule has 0 spiro atoms. The maximum absolute atomic E-state index is 10.7. The van der Waals surface area contributed by atoms with Crippen molar-refractivity contribution in [1.82, 2.24) is 11.5 Å². The monoisotopic (exact) mass is 252 g/mol. The number of hydrogen-bond donors (Lipinski definition) is 3. The van der Waals surface area contributed by atoms with Gasteiger partial charge in [-0.2, -0.15) is 0 Å². The van der Waals surface area contributed by atoms with Gasteiger partial charge in [0.15, 0.2) is 6.04 Å². The highest BCUT2D eigenvalue weighted by Crippen LogP contribution is 2.18. The Morgan fingerprint density at radius 2 is 2.13 bits per heavy atom. The molecule has 1 heterocycles.